The van der Waals surface area contributed by atoms with Gasteiger partial charge in [0.05, 0.1) is 0 Å². The summed E-state index contributed by atoms with van der Waals surface area (Å²) in [5.41, 5.74) is 10.3. The molecule has 0 aromatic rings. The van der Waals surface area contributed by atoms with Crippen LogP contribution in [0.25, 0.3) is 0 Å². The molecule has 0 aromatic heterocycles. The van der Waals surface area contributed by atoms with Gasteiger partial charge >= 0.3 is 0 Å². The summed E-state index contributed by atoms with van der Waals surface area (Å²) >= 11 is 1.60. The number of thioether (sulfide) groups is 1. The maximum absolute atomic E-state index is 11.1. The van der Waals surface area contributed by atoms with Gasteiger partial charge in [-0.05, 0) is 18.4 Å². The Bertz CT molecular complexity index is 199. The van der Waals surface area contributed by atoms with Crippen molar-refractivity contribution in [3.8, 4) is 0 Å². The molecule has 1 atom stereocenters. The lowest BCUT2D eigenvalue weighted by atomic mass is 10.2. The third-order valence-corrected chi connectivity index (χ3v) is 2.30. The van der Waals surface area contributed by atoms with E-state index in [2.05, 4.69) is 5.32 Å². The number of carbonyl (C=O) groups is 2. The summed E-state index contributed by atoms with van der Waals surface area (Å²) in [5, 5.41) is 2.55. The Morgan fingerprint density at radius 3 is 2.57 bits per heavy atom. The highest BCUT2D eigenvalue weighted by atomic mass is 32.2. The van der Waals surface area contributed by atoms with Crippen LogP contribution in [0.1, 0.15) is 12.8 Å². The summed E-state index contributed by atoms with van der Waals surface area (Å²) in [6, 6.07) is -0.568. The lowest BCUT2D eigenvalue weighted by Crippen LogP contribution is -2.45. The zero-order chi connectivity index (χ0) is 11.0. The van der Waals surface area contributed by atoms with Gasteiger partial charge in [-0.3, -0.25) is 9.59 Å². The molecule has 0 aliphatic carbocycles. The van der Waals surface area contributed by atoms with Crippen molar-refractivity contribution in [3.05, 3.63) is 0 Å². The summed E-state index contributed by atoms with van der Waals surface area (Å²) in [4.78, 5) is 22.0. The second-order valence-corrected chi connectivity index (χ2v) is 3.83. The van der Waals surface area contributed by atoms with E-state index in [0.717, 1.165) is 5.75 Å². The minimum atomic E-state index is -0.568. The van der Waals surface area contributed by atoms with Gasteiger partial charge in [0.2, 0.25) is 11.8 Å². The first-order valence-corrected chi connectivity index (χ1v) is 5.79. The molecule has 1 unspecified atom stereocenters. The van der Waals surface area contributed by atoms with Crippen molar-refractivity contribution in [1.29, 1.82) is 0 Å². The number of rotatable bonds is 7. The van der Waals surface area contributed by atoms with Crippen LogP contribution in [0.4, 0.5) is 0 Å². The minimum Gasteiger partial charge on any atom is -0.368 e. The smallest absolute Gasteiger partial charge is 0.240 e. The average molecular weight is 219 g/mol. The van der Waals surface area contributed by atoms with Gasteiger partial charge in [-0.2, -0.15) is 11.8 Å². The van der Waals surface area contributed by atoms with E-state index in [4.69, 9.17) is 11.5 Å². The topological polar surface area (TPSA) is 98.2 Å². The molecular weight excluding hydrogens is 202 g/mol. The van der Waals surface area contributed by atoms with Crippen LogP contribution in [0, 0.1) is 0 Å². The molecule has 5 nitrogen and oxygen atoms in total. The van der Waals surface area contributed by atoms with E-state index in [-0.39, 0.29) is 18.9 Å². The van der Waals surface area contributed by atoms with E-state index in [9.17, 15) is 9.59 Å². The average Bonchev–Trinajstić information content (AvgIpc) is 2.12. The van der Waals surface area contributed by atoms with E-state index in [1.165, 1.54) is 0 Å². The van der Waals surface area contributed by atoms with Gasteiger partial charge in [0.1, 0.15) is 6.04 Å². The third kappa shape index (κ3) is 5.82. The van der Waals surface area contributed by atoms with Crippen LogP contribution in [-0.2, 0) is 9.59 Å². The number of nitrogens with one attached hydrogen (secondary N) is 1. The van der Waals surface area contributed by atoms with Gasteiger partial charge < -0.3 is 16.8 Å². The van der Waals surface area contributed by atoms with Crippen LogP contribution in [0.15, 0.2) is 0 Å². The monoisotopic (exact) mass is 219 g/mol. The van der Waals surface area contributed by atoms with Gasteiger partial charge in [-0.25, -0.2) is 0 Å². The van der Waals surface area contributed by atoms with Crippen molar-refractivity contribution >= 4 is 23.6 Å². The number of primary amides is 1. The van der Waals surface area contributed by atoms with Crippen molar-refractivity contribution in [3.63, 3.8) is 0 Å². The number of nitrogens with two attached hydrogens (primary N) is 2. The Morgan fingerprint density at radius 1 is 1.50 bits per heavy atom. The number of hydrogen-bond donors (Lipinski definition) is 3. The highest BCUT2D eigenvalue weighted by Crippen LogP contribution is 2.00. The number of hydrogen-bond acceptors (Lipinski definition) is 4. The molecule has 0 saturated heterocycles. The Morgan fingerprint density at radius 2 is 2.14 bits per heavy atom. The Hall–Kier alpha value is -0.750. The van der Waals surface area contributed by atoms with E-state index >= 15 is 0 Å². The van der Waals surface area contributed by atoms with E-state index in [1.807, 2.05) is 6.26 Å². The summed E-state index contributed by atoms with van der Waals surface area (Å²) in [7, 11) is 0. The second-order valence-electron chi connectivity index (χ2n) is 2.84. The normalized spacial score (nSPS) is 12.1. The Kier molecular flexibility index (Phi) is 7.23. The van der Waals surface area contributed by atoms with Gasteiger partial charge in [0.25, 0.3) is 0 Å². The molecule has 0 rings (SSSR count). The van der Waals surface area contributed by atoms with Crippen molar-refractivity contribution in [2.75, 3.05) is 18.6 Å². The molecule has 0 spiro atoms. The van der Waals surface area contributed by atoms with E-state index < -0.39 is 11.9 Å². The predicted octanol–water partition coefficient (Wildman–Crippen LogP) is -0.942. The molecule has 0 aliphatic heterocycles. The van der Waals surface area contributed by atoms with Gasteiger partial charge in [0, 0.05) is 13.0 Å². The maximum atomic E-state index is 11.1. The zero-order valence-electron chi connectivity index (χ0n) is 8.29. The van der Waals surface area contributed by atoms with E-state index in [0.29, 0.717) is 6.42 Å². The van der Waals surface area contributed by atoms with Crippen molar-refractivity contribution in [2.45, 2.75) is 18.9 Å². The fourth-order valence-electron chi connectivity index (χ4n) is 0.919. The largest absolute Gasteiger partial charge is 0.368 e. The molecule has 0 fully saturated rings. The molecule has 2 amide bonds. The molecule has 0 bridgehead atoms. The summed E-state index contributed by atoms with van der Waals surface area (Å²) in [5.74, 6) is 0.0677. The molecule has 5 N–H and O–H groups in total. The third-order valence-electron chi connectivity index (χ3n) is 1.66. The van der Waals surface area contributed by atoms with Crippen LogP contribution in [0.2, 0.25) is 0 Å². The fourth-order valence-corrected chi connectivity index (χ4v) is 1.39. The molecule has 0 aliphatic rings. The van der Waals surface area contributed by atoms with Crippen molar-refractivity contribution in [2.24, 2.45) is 11.5 Å². The summed E-state index contributed by atoms with van der Waals surface area (Å²) < 4.78 is 0. The molecule has 82 valence electrons. The fraction of sp³-hybridized carbons (Fsp3) is 0.750. The maximum Gasteiger partial charge on any atom is 0.240 e. The van der Waals surface area contributed by atoms with Crippen LogP contribution in [0.5, 0.6) is 0 Å². The van der Waals surface area contributed by atoms with Crippen molar-refractivity contribution in [1.82, 2.24) is 5.32 Å². The van der Waals surface area contributed by atoms with E-state index in [1.54, 1.807) is 11.8 Å². The number of carbonyl (C=O) groups excluding carboxylic acids is 2. The first-order valence-electron chi connectivity index (χ1n) is 4.39. The molecule has 0 heterocycles. The lowest BCUT2D eigenvalue weighted by Gasteiger charge is -2.14. The second kappa shape index (κ2) is 7.64. The van der Waals surface area contributed by atoms with Crippen molar-refractivity contribution < 1.29 is 9.59 Å². The Labute approximate surface area is 88.0 Å². The summed E-state index contributed by atoms with van der Waals surface area (Å²) in [6.07, 6.45) is 2.72. The first-order chi connectivity index (χ1) is 6.61. The van der Waals surface area contributed by atoms with Crippen LogP contribution in [0.3, 0.4) is 0 Å². The molecule has 6 heteroatoms. The van der Waals surface area contributed by atoms with Gasteiger partial charge in [0.15, 0.2) is 0 Å². The zero-order valence-corrected chi connectivity index (χ0v) is 9.10. The first kappa shape index (κ1) is 13.2. The molecular formula is C8H17N3O2S. The van der Waals surface area contributed by atoms with Gasteiger partial charge in [-0.15, -0.1) is 0 Å². The lowest BCUT2D eigenvalue weighted by molar-refractivity contribution is -0.127. The molecule has 0 radical (unpaired) electrons. The van der Waals surface area contributed by atoms with Crippen LogP contribution >= 0.6 is 11.8 Å². The summed E-state index contributed by atoms with van der Waals surface area (Å²) in [6.45, 7) is 0.278. The predicted molar refractivity (Wildman–Crippen MR) is 57.8 cm³/mol. The molecule has 14 heavy (non-hydrogen) atoms. The molecule has 0 saturated carbocycles. The molecule has 0 aromatic carbocycles. The highest BCUT2D eigenvalue weighted by Gasteiger charge is 2.16. The van der Waals surface area contributed by atoms with Gasteiger partial charge in [-0.1, -0.05) is 0 Å². The SMILES string of the molecule is CSCCC(NC(=O)CCN)C(N)=O. The van der Waals surface area contributed by atoms with Crippen LogP contribution < -0.4 is 16.8 Å². The quantitative estimate of drug-likeness (QED) is 0.514. The number of amides is 2. The Balaban J connectivity index is 3.95. The minimum absolute atomic E-state index is 0.225. The highest BCUT2D eigenvalue weighted by molar-refractivity contribution is 7.98. The van der Waals surface area contributed by atoms with Crippen LogP contribution in [-0.4, -0.2) is 36.4 Å². The standard InChI is InChI=1S/C8H17N3O2S/c1-14-5-3-6(8(10)13)11-7(12)2-4-9/h6H,2-5,9H2,1H3,(H2,10,13)(H,11,12).